The van der Waals surface area contributed by atoms with Crippen LogP contribution in [-0.4, -0.2) is 47.7 Å². The molecule has 2 aromatic heterocycles. The van der Waals surface area contributed by atoms with Crippen LogP contribution >= 0.6 is 34.2 Å². The second-order valence-electron chi connectivity index (χ2n) is 9.29. The van der Waals surface area contributed by atoms with Crippen LogP contribution in [0.3, 0.4) is 0 Å². The normalized spacial score (nSPS) is 11.1. The fourth-order valence-corrected chi connectivity index (χ4v) is 5.43. The number of rotatable bonds is 10. The molecule has 5 aromatic rings. The lowest BCUT2D eigenvalue weighted by Crippen LogP contribution is -2.28. The van der Waals surface area contributed by atoms with E-state index in [1.807, 2.05) is 53.1 Å². The van der Waals surface area contributed by atoms with Crippen molar-refractivity contribution in [3.63, 3.8) is 0 Å². The van der Waals surface area contributed by atoms with Crippen LogP contribution in [0, 0.1) is 3.57 Å². The zero-order chi connectivity index (χ0) is 28.1. The number of tetrazole rings is 1. The Labute approximate surface area is 250 Å². The van der Waals surface area contributed by atoms with Gasteiger partial charge in [-0.1, -0.05) is 73.1 Å². The fraction of sp³-hybridized carbons (Fsp3) is 0.207. The van der Waals surface area contributed by atoms with E-state index < -0.39 is 0 Å². The van der Waals surface area contributed by atoms with Gasteiger partial charge in [0.1, 0.15) is 17.3 Å². The molecule has 0 bridgehead atoms. The van der Waals surface area contributed by atoms with Crippen LogP contribution in [0.4, 0.5) is 0 Å². The summed E-state index contributed by atoms with van der Waals surface area (Å²) in [6, 6.07) is 21.5. The van der Waals surface area contributed by atoms with Gasteiger partial charge in [-0.15, -0.1) is 5.10 Å². The molecule has 0 fully saturated rings. The number of imidazole rings is 1. The van der Waals surface area contributed by atoms with Crippen LogP contribution in [-0.2, 0) is 19.4 Å². The third-order valence-electron chi connectivity index (χ3n) is 6.54. The number of aromatic hydroxyl groups is 1. The maximum atomic E-state index is 13.3. The van der Waals surface area contributed by atoms with Gasteiger partial charge in [-0.2, -0.15) is 0 Å². The van der Waals surface area contributed by atoms with Crippen molar-refractivity contribution in [1.29, 1.82) is 0 Å². The first-order valence-corrected chi connectivity index (χ1v) is 14.3. The highest BCUT2D eigenvalue weighted by Gasteiger charge is 2.22. The number of aromatic amines is 1. The molecule has 0 unspecified atom stereocenters. The first kappa shape index (κ1) is 27.8. The van der Waals surface area contributed by atoms with E-state index in [-0.39, 0.29) is 16.8 Å². The molecule has 0 radical (unpaired) electrons. The van der Waals surface area contributed by atoms with E-state index >= 15 is 0 Å². The molecule has 3 N–H and O–H groups in total. The number of nitrogens with one attached hydrogen (secondary N) is 2. The summed E-state index contributed by atoms with van der Waals surface area (Å²) in [7, 11) is 0. The summed E-state index contributed by atoms with van der Waals surface area (Å²) in [4.78, 5) is 17.8. The number of nitrogens with zero attached hydrogens (tertiary/aromatic N) is 5. The number of benzene rings is 3. The second-order valence-corrected chi connectivity index (χ2v) is 10.8. The number of halogens is 2. The molecule has 0 spiro atoms. The number of hydrogen-bond donors (Lipinski definition) is 3. The molecule has 0 aliphatic carbocycles. The van der Waals surface area contributed by atoms with E-state index in [2.05, 4.69) is 72.6 Å². The van der Waals surface area contributed by atoms with Gasteiger partial charge in [-0.05, 0) is 80.2 Å². The van der Waals surface area contributed by atoms with Crippen molar-refractivity contribution >= 4 is 40.1 Å². The summed E-state index contributed by atoms with van der Waals surface area (Å²) in [6.07, 6.45) is 2.21. The Balaban J connectivity index is 1.35. The summed E-state index contributed by atoms with van der Waals surface area (Å²) >= 11 is 8.60. The topological polar surface area (TPSA) is 122 Å². The molecule has 2 heterocycles. The van der Waals surface area contributed by atoms with Gasteiger partial charge in [0.15, 0.2) is 11.0 Å². The number of hydrogen-bond acceptors (Lipinski definition) is 6. The Kier molecular flexibility index (Phi) is 8.75. The monoisotopic (exact) mass is 671 g/mol. The van der Waals surface area contributed by atoms with E-state index in [9.17, 15) is 9.90 Å². The van der Waals surface area contributed by atoms with Crippen LogP contribution < -0.4 is 5.32 Å². The van der Waals surface area contributed by atoms with Crippen LogP contribution in [0.2, 0.25) is 5.15 Å². The Morgan fingerprint density at radius 2 is 1.80 bits per heavy atom. The Hall–Kier alpha value is -3.77. The number of aromatic nitrogens is 6. The van der Waals surface area contributed by atoms with Crippen LogP contribution in [0.25, 0.3) is 22.5 Å². The van der Waals surface area contributed by atoms with E-state index in [1.165, 1.54) is 0 Å². The molecule has 1 amide bonds. The first-order chi connectivity index (χ1) is 19.4. The van der Waals surface area contributed by atoms with Gasteiger partial charge in [0.2, 0.25) is 0 Å². The summed E-state index contributed by atoms with van der Waals surface area (Å²) in [5.74, 6) is 1.36. The Bertz CT molecular complexity index is 1620. The summed E-state index contributed by atoms with van der Waals surface area (Å²) in [6.45, 7) is 2.96. The lowest BCUT2D eigenvalue weighted by atomic mass is 9.98. The van der Waals surface area contributed by atoms with Gasteiger partial charge in [-0.3, -0.25) is 4.79 Å². The SMILES string of the molecule is CCCc1nc(Cl)c(C(=O)NCCc2ccc(O)c([131I])c2)n1Cc1ccc(-c2ccccc2-c2nnn[nH]2)cc1. The van der Waals surface area contributed by atoms with Crippen molar-refractivity contribution in [3.8, 4) is 28.3 Å². The van der Waals surface area contributed by atoms with Crippen molar-refractivity contribution in [1.82, 2.24) is 35.5 Å². The molecule has 3 aromatic carbocycles. The number of phenols is 1. The van der Waals surface area contributed by atoms with Gasteiger partial charge in [0.25, 0.3) is 5.91 Å². The molecule has 0 saturated carbocycles. The maximum absolute atomic E-state index is 13.3. The van der Waals surface area contributed by atoms with E-state index in [1.54, 1.807) is 6.07 Å². The minimum Gasteiger partial charge on any atom is -0.507 e. The number of phenolic OH excluding ortho intramolecular Hbond substituents is 1. The molecule has 204 valence electrons. The van der Waals surface area contributed by atoms with Gasteiger partial charge in [0, 0.05) is 25.1 Å². The van der Waals surface area contributed by atoms with E-state index in [4.69, 9.17) is 11.6 Å². The molecule has 0 aliphatic rings. The fourth-order valence-electron chi connectivity index (χ4n) is 4.56. The average molecular weight is 672 g/mol. The van der Waals surface area contributed by atoms with Gasteiger partial charge in [0.05, 0.1) is 3.57 Å². The predicted octanol–water partition coefficient (Wildman–Crippen LogP) is 5.67. The highest BCUT2D eigenvalue weighted by Crippen LogP contribution is 2.30. The van der Waals surface area contributed by atoms with E-state index in [0.29, 0.717) is 37.4 Å². The molecular formula is C29H27ClIN7O2. The van der Waals surface area contributed by atoms with E-state index in [0.717, 1.165) is 43.6 Å². The van der Waals surface area contributed by atoms with Crippen molar-refractivity contribution in [2.45, 2.75) is 32.7 Å². The maximum Gasteiger partial charge on any atom is 0.271 e. The van der Waals surface area contributed by atoms with Crippen molar-refractivity contribution in [2.24, 2.45) is 0 Å². The smallest absolute Gasteiger partial charge is 0.271 e. The van der Waals surface area contributed by atoms with Gasteiger partial charge < -0.3 is 15.0 Å². The quantitative estimate of drug-likeness (QED) is 0.165. The standard InChI is InChI=1S/C29H27ClIN7O2/c1-2-5-25-33-27(30)26(29(40)32-15-14-18-10-13-24(39)23(31)16-18)38(25)17-19-8-11-20(12-9-19)21-6-3-4-7-22(21)28-34-36-37-35-28/h3-4,6-13,16,39H,2,5,14-15,17H2,1H3,(H,32,40)(H,34,35,36,37)/i31+4. The summed E-state index contributed by atoms with van der Waals surface area (Å²) < 4.78 is 2.68. The largest absolute Gasteiger partial charge is 0.507 e. The Morgan fingerprint density at radius 3 is 2.50 bits per heavy atom. The molecule has 40 heavy (non-hydrogen) atoms. The van der Waals surface area contributed by atoms with Crippen molar-refractivity contribution in [2.75, 3.05) is 6.54 Å². The Morgan fingerprint density at radius 1 is 1.05 bits per heavy atom. The minimum atomic E-state index is -0.264. The number of carbonyl (C=O) groups excluding carboxylic acids is 1. The van der Waals surface area contributed by atoms with Gasteiger partial charge >= 0.3 is 0 Å². The molecule has 9 nitrogen and oxygen atoms in total. The molecular weight excluding hydrogens is 645 g/mol. The number of carbonyl (C=O) groups is 1. The molecule has 0 aliphatic heterocycles. The van der Waals surface area contributed by atoms with Crippen LogP contribution in [0.15, 0.2) is 66.7 Å². The van der Waals surface area contributed by atoms with Gasteiger partial charge in [-0.25, -0.2) is 10.1 Å². The summed E-state index contributed by atoms with van der Waals surface area (Å²) in [5.41, 5.74) is 5.34. The van der Waals surface area contributed by atoms with Crippen molar-refractivity contribution in [3.05, 3.63) is 98.1 Å². The van der Waals surface area contributed by atoms with Crippen LogP contribution in [0.1, 0.15) is 40.8 Å². The first-order valence-electron chi connectivity index (χ1n) is 12.9. The molecule has 5 rings (SSSR count). The number of amides is 1. The predicted molar refractivity (Wildman–Crippen MR) is 162 cm³/mol. The average Bonchev–Trinajstić information content (AvgIpc) is 3.60. The lowest BCUT2D eigenvalue weighted by Gasteiger charge is -2.13. The number of H-pyrrole nitrogens is 1. The van der Waals surface area contributed by atoms with Crippen LogP contribution in [0.5, 0.6) is 5.75 Å². The van der Waals surface area contributed by atoms with Crippen molar-refractivity contribution < 1.29 is 9.90 Å². The molecule has 11 heteroatoms. The molecule has 0 atom stereocenters. The highest BCUT2D eigenvalue weighted by molar-refractivity contribution is 14.1. The third kappa shape index (κ3) is 6.18. The zero-order valence-electron chi connectivity index (χ0n) is 21.7. The zero-order valence-corrected chi connectivity index (χ0v) is 24.6. The third-order valence-corrected chi connectivity index (χ3v) is 7.66. The highest BCUT2D eigenvalue weighted by atomic mass is 131. The molecule has 0 saturated heterocycles. The lowest BCUT2D eigenvalue weighted by molar-refractivity contribution is 0.0945. The summed E-state index contributed by atoms with van der Waals surface area (Å²) in [5, 5.41) is 27.2. The minimum absolute atomic E-state index is 0.200. The second kappa shape index (κ2) is 12.6. The number of aryl methyl sites for hydroxylation is 1.